The molecule has 3 aromatic carbocycles. The van der Waals surface area contributed by atoms with Crippen LogP contribution in [0.4, 0.5) is 0 Å². The maximum atomic E-state index is 12.4. The molecule has 4 aromatic rings. The summed E-state index contributed by atoms with van der Waals surface area (Å²) in [6, 6.07) is 22.5. The lowest BCUT2D eigenvalue weighted by molar-refractivity contribution is -0.118. The number of aromatic nitrogens is 3. The van der Waals surface area contributed by atoms with Crippen molar-refractivity contribution in [3.8, 4) is 34.3 Å². The van der Waals surface area contributed by atoms with E-state index in [0.29, 0.717) is 11.0 Å². The molecule has 0 spiro atoms. The van der Waals surface area contributed by atoms with E-state index in [1.54, 1.807) is 27.5 Å². The third kappa shape index (κ3) is 6.02. The summed E-state index contributed by atoms with van der Waals surface area (Å²) in [5, 5.41) is 13.4. The van der Waals surface area contributed by atoms with Crippen molar-refractivity contribution in [2.45, 2.75) is 5.16 Å². The van der Waals surface area contributed by atoms with E-state index < -0.39 is 0 Å². The van der Waals surface area contributed by atoms with E-state index in [-0.39, 0.29) is 11.7 Å². The average molecular weight is 504 g/mol. The summed E-state index contributed by atoms with van der Waals surface area (Å²) in [4.78, 5) is 12.4. The van der Waals surface area contributed by atoms with Crippen LogP contribution in [0.3, 0.4) is 0 Å². The van der Waals surface area contributed by atoms with Gasteiger partial charge in [-0.05, 0) is 78.4 Å². The summed E-state index contributed by atoms with van der Waals surface area (Å²) in [5.74, 6) is 2.72. The molecule has 9 nitrogen and oxygen atoms in total. The van der Waals surface area contributed by atoms with E-state index in [2.05, 4.69) is 20.7 Å². The topological polar surface area (TPSA) is 99.9 Å². The maximum Gasteiger partial charge on any atom is 0.250 e. The third-order valence-corrected chi connectivity index (χ3v) is 6.09. The molecule has 0 unspecified atom stereocenters. The Morgan fingerprint density at radius 2 is 1.42 bits per heavy atom. The molecule has 1 aromatic heterocycles. The van der Waals surface area contributed by atoms with E-state index in [1.807, 2.05) is 77.4 Å². The molecule has 1 amide bonds. The summed E-state index contributed by atoms with van der Waals surface area (Å²) in [5.41, 5.74) is 5.09. The normalized spacial score (nSPS) is 10.9. The summed E-state index contributed by atoms with van der Waals surface area (Å²) >= 11 is 1.27. The van der Waals surface area contributed by atoms with Gasteiger partial charge in [-0.15, -0.1) is 10.2 Å². The number of amides is 1. The largest absolute Gasteiger partial charge is 0.497 e. The molecule has 0 saturated heterocycles. The van der Waals surface area contributed by atoms with Gasteiger partial charge in [0.05, 0.1) is 33.3 Å². The molecule has 1 heterocycles. The van der Waals surface area contributed by atoms with E-state index in [1.165, 1.54) is 11.8 Å². The molecule has 1 N–H and O–H groups in total. The highest BCUT2D eigenvalue weighted by molar-refractivity contribution is 7.99. The number of benzene rings is 3. The molecule has 184 valence electrons. The number of methoxy groups -OCH3 is 3. The first kappa shape index (κ1) is 24.8. The summed E-state index contributed by atoms with van der Waals surface area (Å²) in [6.45, 7) is 0. The van der Waals surface area contributed by atoms with Crippen molar-refractivity contribution in [2.24, 2.45) is 5.10 Å². The lowest BCUT2D eigenvalue weighted by atomic mass is 10.2. The molecule has 0 radical (unpaired) electrons. The minimum atomic E-state index is -0.264. The predicted octanol–water partition coefficient (Wildman–Crippen LogP) is 4.20. The summed E-state index contributed by atoms with van der Waals surface area (Å²) in [6.07, 6.45) is 1.57. The van der Waals surface area contributed by atoms with Crippen molar-refractivity contribution < 1.29 is 19.0 Å². The Balaban J connectivity index is 1.50. The zero-order valence-corrected chi connectivity index (χ0v) is 20.9. The highest BCUT2D eigenvalue weighted by atomic mass is 32.2. The van der Waals surface area contributed by atoms with Gasteiger partial charge in [-0.25, -0.2) is 5.43 Å². The van der Waals surface area contributed by atoms with Crippen molar-refractivity contribution >= 4 is 23.9 Å². The molecule has 36 heavy (non-hydrogen) atoms. The lowest BCUT2D eigenvalue weighted by Crippen LogP contribution is -2.20. The van der Waals surface area contributed by atoms with Crippen LogP contribution in [0.5, 0.6) is 17.2 Å². The molecule has 0 aliphatic rings. The highest BCUT2D eigenvalue weighted by Gasteiger charge is 2.17. The van der Waals surface area contributed by atoms with Gasteiger partial charge in [-0.1, -0.05) is 11.8 Å². The number of hydrogen-bond donors (Lipinski definition) is 1. The number of ether oxygens (including phenoxy) is 3. The monoisotopic (exact) mass is 503 g/mol. The maximum absolute atomic E-state index is 12.4. The van der Waals surface area contributed by atoms with Crippen molar-refractivity contribution in [1.82, 2.24) is 20.2 Å². The zero-order valence-electron chi connectivity index (χ0n) is 20.0. The van der Waals surface area contributed by atoms with Crippen molar-refractivity contribution in [2.75, 3.05) is 27.1 Å². The number of hydrazone groups is 1. The van der Waals surface area contributed by atoms with Crippen LogP contribution in [-0.2, 0) is 4.79 Å². The van der Waals surface area contributed by atoms with Gasteiger partial charge >= 0.3 is 0 Å². The van der Waals surface area contributed by atoms with Gasteiger partial charge < -0.3 is 14.2 Å². The Kier molecular flexibility index (Phi) is 8.20. The molecule has 0 saturated carbocycles. The Hall–Kier alpha value is -4.31. The lowest BCUT2D eigenvalue weighted by Gasteiger charge is -2.11. The Bertz CT molecular complexity index is 1320. The second-order valence-corrected chi connectivity index (χ2v) is 8.37. The van der Waals surface area contributed by atoms with Crippen LogP contribution in [0.15, 0.2) is 83.1 Å². The van der Waals surface area contributed by atoms with Gasteiger partial charge in [0, 0.05) is 11.3 Å². The van der Waals surface area contributed by atoms with Crippen LogP contribution < -0.4 is 19.6 Å². The first-order chi connectivity index (χ1) is 17.6. The fraction of sp³-hybridized carbons (Fsp3) is 0.154. The van der Waals surface area contributed by atoms with Crippen LogP contribution in [0.2, 0.25) is 0 Å². The molecule has 4 rings (SSSR count). The molecule has 0 aliphatic heterocycles. The second-order valence-electron chi connectivity index (χ2n) is 7.42. The summed E-state index contributed by atoms with van der Waals surface area (Å²) < 4.78 is 17.6. The number of nitrogens with zero attached hydrogens (tertiary/aromatic N) is 4. The van der Waals surface area contributed by atoms with E-state index in [4.69, 9.17) is 14.2 Å². The van der Waals surface area contributed by atoms with Crippen LogP contribution >= 0.6 is 11.8 Å². The number of rotatable bonds is 10. The minimum absolute atomic E-state index is 0.108. The van der Waals surface area contributed by atoms with Crippen molar-refractivity contribution in [1.29, 1.82) is 0 Å². The van der Waals surface area contributed by atoms with Crippen LogP contribution in [0.25, 0.3) is 17.1 Å². The van der Waals surface area contributed by atoms with Crippen LogP contribution in [0.1, 0.15) is 5.56 Å². The van der Waals surface area contributed by atoms with Crippen molar-refractivity contribution in [3.05, 3.63) is 78.4 Å². The molecule has 0 bridgehead atoms. The number of carbonyl (C=O) groups is 1. The van der Waals surface area contributed by atoms with E-state index in [9.17, 15) is 4.79 Å². The number of nitrogens with one attached hydrogen (secondary N) is 1. The van der Waals surface area contributed by atoms with Gasteiger partial charge in [-0.3, -0.25) is 9.36 Å². The fourth-order valence-corrected chi connectivity index (χ4v) is 4.03. The smallest absolute Gasteiger partial charge is 0.250 e. The highest BCUT2D eigenvalue weighted by Crippen LogP contribution is 2.29. The van der Waals surface area contributed by atoms with E-state index >= 15 is 0 Å². The van der Waals surface area contributed by atoms with Gasteiger partial charge in [0.2, 0.25) is 0 Å². The van der Waals surface area contributed by atoms with E-state index in [0.717, 1.165) is 34.1 Å². The van der Waals surface area contributed by atoms with Crippen LogP contribution in [0, 0.1) is 0 Å². The molecule has 0 fully saturated rings. The number of thioether (sulfide) groups is 1. The van der Waals surface area contributed by atoms with Gasteiger partial charge in [0.15, 0.2) is 11.0 Å². The van der Waals surface area contributed by atoms with Gasteiger partial charge in [-0.2, -0.15) is 5.10 Å². The first-order valence-corrected chi connectivity index (χ1v) is 11.9. The SMILES string of the molecule is COc1ccc(C=NNC(=O)CSc2nnc(-c3ccc(OC)cc3)n2-c2ccc(OC)cc2)cc1. The third-order valence-electron chi connectivity index (χ3n) is 5.16. The van der Waals surface area contributed by atoms with Gasteiger partial charge in [0.25, 0.3) is 5.91 Å². The zero-order chi connectivity index (χ0) is 25.3. The quantitative estimate of drug-likeness (QED) is 0.197. The first-order valence-electron chi connectivity index (χ1n) is 10.9. The van der Waals surface area contributed by atoms with Gasteiger partial charge in [0.1, 0.15) is 17.2 Å². The molecular weight excluding hydrogens is 478 g/mol. The standard InChI is InChI=1S/C26H25N5O4S/c1-33-21-10-4-18(5-11-21)16-27-28-24(32)17-36-26-30-29-25(19-6-12-22(34-2)13-7-19)31(26)20-8-14-23(35-3)15-9-20/h4-16H,17H2,1-3H3,(H,28,32). The predicted molar refractivity (Wildman–Crippen MR) is 139 cm³/mol. The molecular formula is C26H25N5O4S. The number of carbonyl (C=O) groups excluding carboxylic acids is 1. The Labute approximate surface area is 213 Å². The fourth-order valence-electron chi connectivity index (χ4n) is 3.29. The Morgan fingerprint density at radius 3 is 2.00 bits per heavy atom. The minimum Gasteiger partial charge on any atom is -0.497 e. The molecule has 10 heteroatoms. The average Bonchev–Trinajstić information content (AvgIpc) is 3.36. The molecule has 0 aliphatic carbocycles. The Morgan fingerprint density at radius 1 is 0.861 bits per heavy atom. The second kappa shape index (κ2) is 11.9. The number of hydrogen-bond acceptors (Lipinski definition) is 8. The van der Waals surface area contributed by atoms with Crippen molar-refractivity contribution in [3.63, 3.8) is 0 Å². The summed E-state index contributed by atoms with van der Waals surface area (Å²) in [7, 11) is 4.85. The molecule has 0 atom stereocenters. The van der Waals surface area contributed by atoms with Crippen LogP contribution in [-0.4, -0.2) is 54.0 Å².